The van der Waals surface area contributed by atoms with Crippen molar-refractivity contribution in [1.82, 2.24) is 4.90 Å². The Morgan fingerprint density at radius 1 is 1.00 bits per heavy atom. The molecule has 0 bridgehead atoms. The molecule has 0 atom stereocenters. The average Bonchev–Trinajstić information content (AvgIpc) is 2.33. The van der Waals surface area contributed by atoms with Gasteiger partial charge in [-0.05, 0) is 59.1 Å². The van der Waals surface area contributed by atoms with Crippen LogP contribution in [0.5, 0.6) is 0 Å². The summed E-state index contributed by atoms with van der Waals surface area (Å²) in [7, 11) is 0. The molecule has 1 aromatic rings. The molecule has 1 aliphatic heterocycles. The highest BCUT2D eigenvalue weighted by Gasteiger charge is 2.40. The predicted molar refractivity (Wildman–Crippen MR) is 82.0 cm³/mol. The lowest BCUT2D eigenvalue weighted by molar-refractivity contribution is -0.0144. The van der Waals surface area contributed by atoms with Crippen LogP contribution in [0.4, 0.5) is 0 Å². The van der Waals surface area contributed by atoms with E-state index in [-0.39, 0.29) is 11.1 Å². The lowest BCUT2D eigenvalue weighted by Crippen LogP contribution is -2.58. The third kappa shape index (κ3) is 3.39. The number of benzene rings is 1. The molecule has 2 rings (SSSR count). The summed E-state index contributed by atoms with van der Waals surface area (Å²) in [6.45, 7) is 10.2. The highest BCUT2D eigenvalue weighted by molar-refractivity contribution is 5.34. The second-order valence-electron chi connectivity index (χ2n) is 6.73. The normalized spacial score (nSPS) is 21.5. The van der Waals surface area contributed by atoms with Crippen LogP contribution in [0.3, 0.4) is 0 Å². The van der Waals surface area contributed by atoms with E-state index in [1.807, 2.05) is 18.2 Å². The third-order valence-corrected chi connectivity index (χ3v) is 4.28. The van der Waals surface area contributed by atoms with Gasteiger partial charge in [0.15, 0.2) is 0 Å². The summed E-state index contributed by atoms with van der Waals surface area (Å²) in [4.78, 5) is 2.57. The first-order chi connectivity index (χ1) is 8.92. The maximum absolute atomic E-state index is 3.36. The van der Waals surface area contributed by atoms with Crippen molar-refractivity contribution in [2.75, 3.05) is 6.54 Å². The Morgan fingerprint density at radius 3 is 2.16 bits per heavy atom. The van der Waals surface area contributed by atoms with E-state index in [1.54, 1.807) is 0 Å². The molecule has 1 aliphatic rings. The highest BCUT2D eigenvalue weighted by Crippen LogP contribution is 2.37. The lowest BCUT2D eigenvalue weighted by Gasteiger charge is -2.52. The monoisotopic (exact) mass is 255 g/mol. The number of piperidine rings is 1. The van der Waals surface area contributed by atoms with Gasteiger partial charge in [0.05, 0.1) is 6.54 Å². The topological polar surface area (TPSA) is 3.24 Å². The SMILES string of the molecule is CC1(C)CCCC(C)(C)N1CC#Cc1ccccc1. The molecule has 19 heavy (non-hydrogen) atoms. The van der Waals surface area contributed by atoms with E-state index in [4.69, 9.17) is 0 Å². The molecular formula is C18H25N. The summed E-state index contributed by atoms with van der Waals surface area (Å²) < 4.78 is 0. The van der Waals surface area contributed by atoms with Crippen LogP contribution < -0.4 is 0 Å². The number of rotatable bonds is 1. The van der Waals surface area contributed by atoms with Gasteiger partial charge in [-0.15, -0.1) is 0 Å². The maximum Gasteiger partial charge on any atom is 0.0614 e. The van der Waals surface area contributed by atoms with Crippen molar-refractivity contribution in [2.45, 2.75) is 58.0 Å². The van der Waals surface area contributed by atoms with Crippen LogP contribution >= 0.6 is 0 Å². The zero-order chi connectivity index (χ0) is 13.9. The Kier molecular flexibility index (Phi) is 4.02. The molecule has 0 N–H and O–H groups in total. The van der Waals surface area contributed by atoms with Crippen molar-refractivity contribution in [2.24, 2.45) is 0 Å². The summed E-state index contributed by atoms with van der Waals surface area (Å²) >= 11 is 0. The minimum atomic E-state index is 0.257. The first-order valence-electron chi connectivity index (χ1n) is 7.23. The van der Waals surface area contributed by atoms with Crippen LogP contribution in [0, 0.1) is 11.8 Å². The van der Waals surface area contributed by atoms with E-state index in [1.165, 1.54) is 19.3 Å². The molecule has 1 heteroatoms. The maximum atomic E-state index is 3.36. The van der Waals surface area contributed by atoms with E-state index < -0.39 is 0 Å². The minimum Gasteiger partial charge on any atom is -0.282 e. The average molecular weight is 255 g/mol. The Hall–Kier alpha value is -1.26. The largest absolute Gasteiger partial charge is 0.282 e. The summed E-state index contributed by atoms with van der Waals surface area (Å²) in [5.74, 6) is 6.63. The summed E-state index contributed by atoms with van der Waals surface area (Å²) in [6.07, 6.45) is 3.86. The molecular weight excluding hydrogens is 230 g/mol. The van der Waals surface area contributed by atoms with Gasteiger partial charge in [-0.25, -0.2) is 0 Å². The van der Waals surface area contributed by atoms with Crippen LogP contribution in [-0.2, 0) is 0 Å². The van der Waals surface area contributed by atoms with Crippen molar-refractivity contribution in [3.63, 3.8) is 0 Å². The van der Waals surface area contributed by atoms with Gasteiger partial charge in [0, 0.05) is 16.6 Å². The number of likely N-dealkylation sites (tertiary alicyclic amines) is 1. The van der Waals surface area contributed by atoms with E-state index in [9.17, 15) is 0 Å². The Balaban J connectivity index is 2.11. The molecule has 102 valence electrons. The molecule has 1 aromatic carbocycles. The molecule has 0 unspecified atom stereocenters. The fourth-order valence-electron chi connectivity index (χ4n) is 3.21. The van der Waals surface area contributed by atoms with Crippen LogP contribution in [0.25, 0.3) is 0 Å². The number of nitrogens with zero attached hydrogens (tertiary/aromatic N) is 1. The molecule has 0 saturated carbocycles. The second-order valence-corrected chi connectivity index (χ2v) is 6.73. The van der Waals surface area contributed by atoms with Crippen LogP contribution in [0.1, 0.15) is 52.5 Å². The highest BCUT2D eigenvalue weighted by atomic mass is 15.2. The molecule has 0 amide bonds. The number of hydrogen-bond acceptors (Lipinski definition) is 1. The fraction of sp³-hybridized carbons (Fsp3) is 0.556. The molecule has 1 fully saturated rings. The zero-order valence-electron chi connectivity index (χ0n) is 12.7. The van der Waals surface area contributed by atoms with Gasteiger partial charge >= 0.3 is 0 Å². The molecule has 0 spiro atoms. The van der Waals surface area contributed by atoms with Gasteiger partial charge in [0.25, 0.3) is 0 Å². The standard InChI is InChI=1S/C18H25N/c1-17(2)13-9-14-18(3,4)19(17)15-8-12-16-10-6-5-7-11-16/h5-7,10-11H,9,13-15H2,1-4H3. The smallest absolute Gasteiger partial charge is 0.0614 e. The van der Waals surface area contributed by atoms with Crippen molar-refractivity contribution < 1.29 is 0 Å². The fourth-order valence-corrected chi connectivity index (χ4v) is 3.21. The number of hydrogen-bond donors (Lipinski definition) is 0. The third-order valence-electron chi connectivity index (χ3n) is 4.28. The van der Waals surface area contributed by atoms with Crippen LogP contribution in [-0.4, -0.2) is 22.5 Å². The van der Waals surface area contributed by atoms with Gasteiger partial charge in [0.2, 0.25) is 0 Å². The summed E-state index contributed by atoms with van der Waals surface area (Å²) in [6, 6.07) is 10.2. The predicted octanol–water partition coefficient (Wildman–Crippen LogP) is 4.08. The van der Waals surface area contributed by atoms with E-state index in [2.05, 4.69) is 56.6 Å². The van der Waals surface area contributed by atoms with Crippen molar-refractivity contribution >= 4 is 0 Å². The van der Waals surface area contributed by atoms with Crippen molar-refractivity contribution in [3.8, 4) is 11.8 Å². The van der Waals surface area contributed by atoms with E-state index >= 15 is 0 Å². The molecule has 1 nitrogen and oxygen atoms in total. The van der Waals surface area contributed by atoms with Gasteiger partial charge in [0.1, 0.15) is 0 Å². The van der Waals surface area contributed by atoms with E-state index in [0.717, 1.165) is 12.1 Å². The van der Waals surface area contributed by atoms with Crippen LogP contribution in [0.2, 0.25) is 0 Å². The van der Waals surface area contributed by atoms with E-state index in [0.29, 0.717) is 0 Å². The first kappa shape index (κ1) is 14.2. The molecule has 0 aliphatic carbocycles. The van der Waals surface area contributed by atoms with Crippen LogP contribution in [0.15, 0.2) is 30.3 Å². The minimum absolute atomic E-state index is 0.257. The quantitative estimate of drug-likeness (QED) is 0.683. The molecule has 1 heterocycles. The first-order valence-corrected chi connectivity index (χ1v) is 7.23. The van der Waals surface area contributed by atoms with Gasteiger partial charge in [-0.2, -0.15) is 0 Å². The van der Waals surface area contributed by atoms with Gasteiger partial charge < -0.3 is 0 Å². The van der Waals surface area contributed by atoms with Gasteiger partial charge in [-0.3, -0.25) is 4.90 Å². The Labute approximate surface area is 118 Å². The second kappa shape index (κ2) is 5.39. The Bertz CT molecular complexity index is 457. The summed E-state index contributed by atoms with van der Waals surface area (Å²) in [5, 5.41) is 0. The Morgan fingerprint density at radius 2 is 1.58 bits per heavy atom. The zero-order valence-corrected chi connectivity index (χ0v) is 12.7. The molecule has 0 aromatic heterocycles. The molecule has 0 radical (unpaired) electrons. The van der Waals surface area contributed by atoms with Crippen molar-refractivity contribution in [3.05, 3.63) is 35.9 Å². The lowest BCUT2D eigenvalue weighted by atomic mass is 9.80. The van der Waals surface area contributed by atoms with Crippen molar-refractivity contribution in [1.29, 1.82) is 0 Å². The molecule has 1 saturated heterocycles. The van der Waals surface area contributed by atoms with Gasteiger partial charge in [-0.1, -0.05) is 30.0 Å². The summed E-state index contributed by atoms with van der Waals surface area (Å²) in [5.41, 5.74) is 1.62.